The van der Waals surface area contributed by atoms with E-state index in [1.54, 1.807) is 19.9 Å². The highest BCUT2D eigenvalue weighted by molar-refractivity contribution is 7.93. The minimum Gasteiger partial charge on any atom is -0.283 e. The molecule has 0 heterocycles. The molecule has 0 spiro atoms. The van der Waals surface area contributed by atoms with Gasteiger partial charge in [0.1, 0.15) is 0 Å². The maximum atomic E-state index is 11.6. The SMILES string of the molecule is CCc1cccc(NS(=O)(=O)C(C)C)c1. The van der Waals surface area contributed by atoms with E-state index in [0.717, 1.165) is 12.0 Å². The highest BCUT2D eigenvalue weighted by Crippen LogP contribution is 2.14. The third kappa shape index (κ3) is 3.23. The lowest BCUT2D eigenvalue weighted by Crippen LogP contribution is -2.22. The normalized spacial score (nSPS) is 11.7. The summed E-state index contributed by atoms with van der Waals surface area (Å²) in [5.41, 5.74) is 1.77. The van der Waals surface area contributed by atoms with Gasteiger partial charge in [0, 0.05) is 5.69 Å². The molecule has 3 nitrogen and oxygen atoms in total. The molecule has 0 aliphatic heterocycles. The minimum atomic E-state index is -3.23. The third-order valence-corrected chi connectivity index (χ3v) is 3.98. The van der Waals surface area contributed by atoms with Crippen LogP contribution >= 0.6 is 0 Å². The first-order valence-electron chi connectivity index (χ1n) is 5.06. The predicted octanol–water partition coefficient (Wildman–Crippen LogP) is 2.40. The molecule has 0 aromatic heterocycles. The van der Waals surface area contributed by atoms with Gasteiger partial charge in [0.05, 0.1) is 5.25 Å². The van der Waals surface area contributed by atoms with Crippen LogP contribution in [-0.4, -0.2) is 13.7 Å². The Labute approximate surface area is 91.6 Å². The summed E-state index contributed by atoms with van der Waals surface area (Å²) in [6.07, 6.45) is 0.900. The molecule has 15 heavy (non-hydrogen) atoms. The number of rotatable bonds is 4. The number of aryl methyl sites for hydroxylation is 1. The zero-order chi connectivity index (χ0) is 11.5. The van der Waals surface area contributed by atoms with Crippen LogP contribution in [0, 0.1) is 0 Å². The van der Waals surface area contributed by atoms with Crippen molar-refractivity contribution in [3.05, 3.63) is 29.8 Å². The second-order valence-corrected chi connectivity index (χ2v) is 5.99. The predicted molar refractivity (Wildman–Crippen MR) is 63.5 cm³/mol. The fourth-order valence-electron chi connectivity index (χ4n) is 1.14. The molecule has 0 bridgehead atoms. The molecule has 1 N–H and O–H groups in total. The molecule has 1 aromatic rings. The van der Waals surface area contributed by atoms with Gasteiger partial charge in [-0.05, 0) is 38.0 Å². The molecule has 4 heteroatoms. The van der Waals surface area contributed by atoms with E-state index >= 15 is 0 Å². The van der Waals surface area contributed by atoms with Crippen molar-refractivity contribution in [2.45, 2.75) is 32.4 Å². The number of sulfonamides is 1. The molecule has 84 valence electrons. The van der Waals surface area contributed by atoms with E-state index in [9.17, 15) is 8.42 Å². The molecule has 1 aromatic carbocycles. The first-order valence-corrected chi connectivity index (χ1v) is 6.61. The van der Waals surface area contributed by atoms with E-state index in [0.29, 0.717) is 5.69 Å². The second-order valence-electron chi connectivity index (χ2n) is 3.75. The maximum Gasteiger partial charge on any atom is 0.235 e. The number of anilines is 1. The van der Waals surface area contributed by atoms with E-state index in [2.05, 4.69) is 4.72 Å². The fourth-order valence-corrected chi connectivity index (χ4v) is 1.83. The van der Waals surface area contributed by atoms with E-state index < -0.39 is 15.3 Å². The van der Waals surface area contributed by atoms with Crippen LogP contribution in [0.1, 0.15) is 26.3 Å². The highest BCUT2D eigenvalue weighted by Gasteiger charge is 2.15. The topological polar surface area (TPSA) is 46.2 Å². The smallest absolute Gasteiger partial charge is 0.235 e. The largest absolute Gasteiger partial charge is 0.283 e. The van der Waals surface area contributed by atoms with Crippen molar-refractivity contribution >= 4 is 15.7 Å². The van der Waals surface area contributed by atoms with Crippen LogP contribution in [-0.2, 0) is 16.4 Å². The van der Waals surface area contributed by atoms with Gasteiger partial charge in [-0.25, -0.2) is 8.42 Å². The molecule has 0 amide bonds. The molecule has 0 aliphatic rings. The summed E-state index contributed by atoms with van der Waals surface area (Å²) in [7, 11) is -3.23. The van der Waals surface area contributed by atoms with Gasteiger partial charge in [-0.3, -0.25) is 4.72 Å². The number of benzene rings is 1. The van der Waals surface area contributed by atoms with Gasteiger partial charge < -0.3 is 0 Å². The number of hydrogen-bond acceptors (Lipinski definition) is 2. The Bertz CT molecular complexity index is 424. The van der Waals surface area contributed by atoms with Gasteiger partial charge in [0.15, 0.2) is 0 Å². The van der Waals surface area contributed by atoms with Crippen LogP contribution in [0.4, 0.5) is 5.69 Å². The zero-order valence-corrected chi connectivity index (χ0v) is 10.1. The highest BCUT2D eigenvalue weighted by atomic mass is 32.2. The quantitative estimate of drug-likeness (QED) is 0.858. The Hall–Kier alpha value is -1.03. The minimum absolute atomic E-state index is 0.414. The van der Waals surface area contributed by atoms with Crippen molar-refractivity contribution in [2.75, 3.05) is 4.72 Å². The van der Waals surface area contributed by atoms with Crippen LogP contribution in [0.5, 0.6) is 0 Å². The molecule has 0 radical (unpaired) electrons. The lowest BCUT2D eigenvalue weighted by atomic mass is 10.1. The Kier molecular flexibility index (Phi) is 3.74. The summed E-state index contributed by atoms with van der Waals surface area (Å²) in [5, 5.41) is -0.414. The molecule has 0 aliphatic carbocycles. The standard InChI is InChI=1S/C11H17NO2S/c1-4-10-6-5-7-11(8-10)12-15(13,14)9(2)3/h5-9,12H,4H2,1-3H3. The summed E-state index contributed by atoms with van der Waals surface area (Å²) in [6, 6.07) is 7.46. The third-order valence-electron chi connectivity index (χ3n) is 2.22. The molecular weight excluding hydrogens is 210 g/mol. The van der Waals surface area contributed by atoms with Crippen LogP contribution in [0.2, 0.25) is 0 Å². The lowest BCUT2D eigenvalue weighted by molar-refractivity contribution is 0.593. The molecule has 0 fully saturated rings. The summed E-state index contributed by atoms with van der Waals surface area (Å²) < 4.78 is 25.7. The molecular formula is C11H17NO2S. The maximum absolute atomic E-state index is 11.6. The van der Waals surface area contributed by atoms with Gasteiger partial charge in [0.2, 0.25) is 10.0 Å². The van der Waals surface area contributed by atoms with Crippen molar-refractivity contribution in [3.8, 4) is 0 Å². The molecule has 0 unspecified atom stereocenters. The Morgan fingerprint density at radius 1 is 1.33 bits per heavy atom. The van der Waals surface area contributed by atoms with Crippen molar-refractivity contribution in [3.63, 3.8) is 0 Å². The average molecular weight is 227 g/mol. The van der Waals surface area contributed by atoms with Gasteiger partial charge in [-0.15, -0.1) is 0 Å². The van der Waals surface area contributed by atoms with E-state index in [1.807, 2.05) is 25.1 Å². The first-order chi connectivity index (χ1) is 6.95. The van der Waals surface area contributed by atoms with Crippen LogP contribution < -0.4 is 4.72 Å². The molecule has 0 saturated heterocycles. The zero-order valence-electron chi connectivity index (χ0n) is 9.32. The fraction of sp³-hybridized carbons (Fsp3) is 0.455. The lowest BCUT2D eigenvalue weighted by Gasteiger charge is -2.11. The average Bonchev–Trinajstić information content (AvgIpc) is 2.17. The van der Waals surface area contributed by atoms with E-state index in [4.69, 9.17) is 0 Å². The van der Waals surface area contributed by atoms with Gasteiger partial charge in [-0.2, -0.15) is 0 Å². The van der Waals surface area contributed by atoms with Gasteiger partial charge in [-0.1, -0.05) is 19.1 Å². The number of hydrogen-bond donors (Lipinski definition) is 1. The molecule has 0 atom stereocenters. The van der Waals surface area contributed by atoms with Gasteiger partial charge >= 0.3 is 0 Å². The summed E-state index contributed by atoms with van der Waals surface area (Å²) in [4.78, 5) is 0. The van der Waals surface area contributed by atoms with Crippen molar-refractivity contribution in [1.29, 1.82) is 0 Å². The van der Waals surface area contributed by atoms with Crippen LogP contribution in [0.3, 0.4) is 0 Å². The Balaban J connectivity index is 2.90. The van der Waals surface area contributed by atoms with Crippen LogP contribution in [0.25, 0.3) is 0 Å². The summed E-state index contributed by atoms with van der Waals surface area (Å²) in [6.45, 7) is 5.36. The molecule has 1 rings (SSSR count). The number of nitrogens with one attached hydrogen (secondary N) is 1. The summed E-state index contributed by atoms with van der Waals surface area (Å²) in [5.74, 6) is 0. The summed E-state index contributed by atoms with van der Waals surface area (Å²) >= 11 is 0. The van der Waals surface area contributed by atoms with E-state index in [-0.39, 0.29) is 0 Å². The van der Waals surface area contributed by atoms with Crippen LogP contribution in [0.15, 0.2) is 24.3 Å². The Morgan fingerprint density at radius 2 is 2.00 bits per heavy atom. The van der Waals surface area contributed by atoms with Crippen molar-refractivity contribution in [2.24, 2.45) is 0 Å². The van der Waals surface area contributed by atoms with Crippen molar-refractivity contribution < 1.29 is 8.42 Å². The van der Waals surface area contributed by atoms with E-state index in [1.165, 1.54) is 0 Å². The monoisotopic (exact) mass is 227 g/mol. The first kappa shape index (κ1) is 12.0. The van der Waals surface area contributed by atoms with Crippen molar-refractivity contribution in [1.82, 2.24) is 0 Å². The molecule has 0 saturated carbocycles. The second kappa shape index (κ2) is 4.66. The van der Waals surface area contributed by atoms with Gasteiger partial charge in [0.25, 0.3) is 0 Å². The Morgan fingerprint density at radius 3 is 2.53 bits per heavy atom.